The molecular weight excluding hydrogens is 304 g/mol. The van der Waals surface area contributed by atoms with Crippen LogP contribution in [0.1, 0.15) is 30.0 Å². The molecular formula is C18H20N4O2. The Morgan fingerprint density at radius 2 is 2.04 bits per heavy atom. The van der Waals surface area contributed by atoms with Gasteiger partial charge in [0.25, 0.3) is 5.56 Å². The van der Waals surface area contributed by atoms with Gasteiger partial charge in [0.1, 0.15) is 0 Å². The number of hydrogen-bond acceptors (Lipinski definition) is 4. The van der Waals surface area contributed by atoms with Crippen LogP contribution in [0.5, 0.6) is 0 Å². The first kappa shape index (κ1) is 15.1. The summed E-state index contributed by atoms with van der Waals surface area (Å²) < 4.78 is 8.80. The van der Waals surface area contributed by atoms with Gasteiger partial charge in [-0.15, -0.1) is 0 Å². The van der Waals surface area contributed by atoms with Crippen LogP contribution in [0.3, 0.4) is 0 Å². The van der Waals surface area contributed by atoms with E-state index in [0.29, 0.717) is 18.1 Å². The Labute approximate surface area is 139 Å². The summed E-state index contributed by atoms with van der Waals surface area (Å²) >= 11 is 0. The van der Waals surface area contributed by atoms with Crippen LogP contribution in [0, 0.1) is 6.92 Å². The lowest BCUT2D eigenvalue weighted by Crippen LogP contribution is -2.24. The van der Waals surface area contributed by atoms with E-state index in [1.165, 1.54) is 4.68 Å². The predicted octanol–water partition coefficient (Wildman–Crippen LogP) is 2.30. The summed E-state index contributed by atoms with van der Waals surface area (Å²) in [6, 6.07) is 8.34. The molecule has 1 aromatic carbocycles. The number of hydrogen-bond donors (Lipinski definition) is 0. The monoisotopic (exact) mass is 324 g/mol. The Hall–Kier alpha value is -2.47. The third-order valence-electron chi connectivity index (χ3n) is 4.68. The van der Waals surface area contributed by atoms with Gasteiger partial charge in [-0.1, -0.05) is 24.3 Å². The molecule has 3 aromatic rings. The van der Waals surface area contributed by atoms with E-state index in [4.69, 9.17) is 4.74 Å². The van der Waals surface area contributed by atoms with Gasteiger partial charge in [-0.25, -0.2) is 4.68 Å². The molecule has 0 N–H and O–H groups in total. The van der Waals surface area contributed by atoms with Gasteiger partial charge in [-0.3, -0.25) is 9.48 Å². The molecule has 6 nitrogen and oxygen atoms in total. The Bertz CT molecular complexity index is 922. The summed E-state index contributed by atoms with van der Waals surface area (Å²) in [6.45, 7) is 4.00. The summed E-state index contributed by atoms with van der Waals surface area (Å²) in [5.41, 5.74) is 2.60. The molecule has 0 spiro atoms. The minimum Gasteiger partial charge on any atom is -0.381 e. The highest BCUT2D eigenvalue weighted by atomic mass is 16.5. The molecule has 0 amide bonds. The topological polar surface area (TPSA) is 61.9 Å². The standard InChI is InChI=1S/C18H20N4O2/c1-13-4-2-3-5-14(13)11-22-18(23)17-15(10-19-22)12-21(20-17)16-6-8-24-9-7-16/h2-5,10,12,16H,6-9,11H2,1H3. The molecule has 0 atom stereocenters. The Kier molecular flexibility index (Phi) is 3.90. The molecule has 24 heavy (non-hydrogen) atoms. The van der Waals surface area contributed by atoms with E-state index in [9.17, 15) is 4.79 Å². The van der Waals surface area contributed by atoms with Crippen LogP contribution < -0.4 is 5.56 Å². The van der Waals surface area contributed by atoms with Crippen LogP contribution >= 0.6 is 0 Å². The van der Waals surface area contributed by atoms with Crippen LogP contribution in [0.2, 0.25) is 0 Å². The molecule has 0 unspecified atom stereocenters. The van der Waals surface area contributed by atoms with Gasteiger partial charge < -0.3 is 4.74 Å². The van der Waals surface area contributed by atoms with Crippen LogP contribution in [0.25, 0.3) is 10.9 Å². The van der Waals surface area contributed by atoms with E-state index < -0.39 is 0 Å². The number of rotatable bonds is 3. The average molecular weight is 324 g/mol. The normalized spacial score (nSPS) is 15.9. The number of aryl methyl sites for hydroxylation is 1. The van der Waals surface area contributed by atoms with Crippen molar-refractivity contribution in [2.45, 2.75) is 32.4 Å². The zero-order valence-electron chi connectivity index (χ0n) is 13.7. The maximum absolute atomic E-state index is 12.7. The lowest BCUT2D eigenvalue weighted by Gasteiger charge is -2.22. The molecule has 1 saturated heterocycles. The number of nitrogens with zero attached hydrogens (tertiary/aromatic N) is 4. The van der Waals surface area contributed by atoms with E-state index >= 15 is 0 Å². The summed E-state index contributed by atoms with van der Waals surface area (Å²) in [5.74, 6) is 0. The second-order valence-electron chi connectivity index (χ2n) is 6.29. The van der Waals surface area contributed by atoms with E-state index in [-0.39, 0.29) is 5.56 Å². The van der Waals surface area contributed by atoms with Gasteiger partial charge in [0.15, 0.2) is 5.52 Å². The van der Waals surface area contributed by atoms with Gasteiger partial charge in [0.2, 0.25) is 0 Å². The Morgan fingerprint density at radius 1 is 1.25 bits per heavy atom. The molecule has 0 saturated carbocycles. The second-order valence-corrected chi connectivity index (χ2v) is 6.29. The van der Waals surface area contributed by atoms with Gasteiger partial charge >= 0.3 is 0 Å². The molecule has 124 valence electrons. The van der Waals surface area contributed by atoms with Crippen molar-refractivity contribution in [3.63, 3.8) is 0 Å². The number of fused-ring (bicyclic) bond motifs is 1. The van der Waals surface area contributed by atoms with Crippen LogP contribution in [0.4, 0.5) is 0 Å². The average Bonchev–Trinajstić information content (AvgIpc) is 3.05. The third kappa shape index (κ3) is 2.73. The first-order valence-electron chi connectivity index (χ1n) is 8.29. The summed E-state index contributed by atoms with van der Waals surface area (Å²) in [7, 11) is 0. The van der Waals surface area contributed by atoms with Crippen LogP contribution in [-0.4, -0.2) is 32.8 Å². The Morgan fingerprint density at radius 3 is 2.83 bits per heavy atom. The fraction of sp³-hybridized carbons (Fsp3) is 0.389. The second kappa shape index (κ2) is 6.20. The maximum Gasteiger partial charge on any atom is 0.295 e. The first-order chi connectivity index (χ1) is 11.7. The molecule has 4 rings (SSSR count). The lowest BCUT2D eigenvalue weighted by molar-refractivity contribution is 0.0664. The Balaban J connectivity index is 1.70. The third-order valence-corrected chi connectivity index (χ3v) is 4.68. The number of benzene rings is 1. The van der Waals surface area contributed by atoms with Crippen molar-refractivity contribution >= 4 is 10.9 Å². The predicted molar refractivity (Wildman–Crippen MR) is 91.2 cm³/mol. The van der Waals surface area contributed by atoms with Crippen molar-refractivity contribution in [1.82, 2.24) is 19.6 Å². The van der Waals surface area contributed by atoms with Gasteiger partial charge in [-0.05, 0) is 30.9 Å². The zero-order chi connectivity index (χ0) is 16.5. The fourth-order valence-electron chi connectivity index (χ4n) is 3.17. The number of aromatic nitrogens is 4. The molecule has 1 aliphatic heterocycles. The largest absolute Gasteiger partial charge is 0.381 e. The molecule has 0 aliphatic carbocycles. The minimum absolute atomic E-state index is 0.137. The maximum atomic E-state index is 12.7. The van der Waals surface area contributed by atoms with Crippen molar-refractivity contribution in [3.8, 4) is 0 Å². The van der Waals surface area contributed by atoms with E-state index in [1.807, 2.05) is 42.1 Å². The molecule has 2 aromatic heterocycles. The molecule has 1 fully saturated rings. The van der Waals surface area contributed by atoms with Gasteiger partial charge in [-0.2, -0.15) is 10.2 Å². The summed E-state index contributed by atoms with van der Waals surface area (Å²) in [6.07, 6.45) is 5.52. The number of ether oxygens (including phenoxy) is 1. The van der Waals surface area contributed by atoms with Crippen molar-refractivity contribution in [1.29, 1.82) is 0 Å². The highest BCUT2D eigenvalue weighted by Crippen LogP contribution is 2.21. The highest BCUT2D eigenvalue weighted by molar-refractivity contribution is 5.75. The van der Waals surface area contributed by atoms with Gasteiger partial charge in [0, 0.05) is 24.8 Å². The molecule has 0 bridgehead atoms. The minimum atomic E-state index is -0.137. The van der Waals surface area contributed by atoms with Crippen molar-refractivity contribution in [3.05, 3.63) is 58.1 Å². The molecule has 0 radical (unpaired) electrons. The molecule has 3 heterocycles. The SMILES string of the molecule is Cc1ccccc1Cn1ncc2cn(C3CCOCC3)nc2c1=O. The quantitative estimate of drug-likeness (QED) is 0.742. The van der Waals surface area contributed by atoms with Gasteiger partial charge in [0.05, 0.1) is 18.8 Å². The van der Waals surface area contributed by atoms with E-state index in [2.05, 4.69) is 10.2 Å². The van der Waals surface area contributed by atoms with Crippen LogP contribution in [-0.2, 0) is 11.3 Å². The smallest absolute Gasteiger partial charge is 0.295 e. The van der Waals surface area contributed by atoms with Crippen molar-refractivity contribution in [2.75, 3.05) is 13.2 Å². The van der Waals surface area contributed by atoms with E-state index in [1.54, 1.807) is 6.20 Å². The lowest BCUT2D eigenvalue weighted by atomic mass is 10.1. The fourth-order valence-corrected chi connectivity index (χ4v) is 3.17. The first-order valence-corrected chi connectivity index (χ1v) is 8.29. The summed E-state index contributed by atoms with van der Waals surface area (Å²) in [5, 5.41) is 9.67. The molecule has 6 heteroatoms. The zero-order valence-corrected chi connectivity index (χ0v) is 13.7. The van der Waals surface area contributed by atoms with E-state index in [0.717, 1.165) is 42.6 Å². The highest BCUT2D eigenvalue weighted by Gasteiger charge is 2.18. The van der Waals surface area contributed by atoms with Crippen molar-refractivity contribution < 1.29 is 4.74 Å². The van der Waals surface area contributed by atoms with Crippen LogP contribution in [0.15, 0.2) is 41.5 Å². The molecule has 1 aliphatic rings. The van der Waals surface area contributed by atoms with Crippen molar-refractivity contribution in [2.24, 2.45) is 0 Å². The summed E-state index contributed by atoms with van der Waals surface area (Å²) in [4.78, 5) is 12.7.